The summed E-state index contributed by atoms with van der Waals surface area (Å²) in [5, 5.41) is 4.48. The predicted molar refractivity (Wildman–Crippen MR) is 81.0 cm³/mol. The fourth-order valence-electron chi connectivity index (χ4n) is 2.33. The smallest absolute Gasteiger partial charge is 0.129 e. The summed E-state index contributed by atoms with van der Waals surface area (Å²) >= 11 is 0. The van der Waals surface area contributed by atoms with E-state index in [9.17, 15) is 4.39 Å². The van der Waals surface area contributed by atoms with E-state index >= 15 is 0 Å². The molecule has 0 atom stereocenters. The fourth-order valence-corrected chi connectivity index (χ4v) is 2.33. The van der Waals surface area contributed by atoms with Crippen molar-refractivity contribution in [3.63, 3.8) is 0 Å². The van der Waals surface area contributed by atoms with E-state index < -0.39 is 0 Å². The van der Waals surface area contributed by atoms with Gasteiger partial charge in [0.2, 0.25) is 0 Å². The SMILES string of the molecule is Cc1cc(-c2nn(C)c(N)c2-c2ccncc2)ccc1F. The first kappa shape index (κ1) is 13.3. The van der Waals surface area contributed by atoms with Gasteiger partial charge in [-0.3, -0.25) is 9.67 Å². The molecule has 0 radical (unpaired) electrons. The van der Waals surface area contributed by atoms with E-state index in [4.69, 9.17) is 5.73 Å². The van der Waals surface area contributed by atoms with Crippen LogP contribution in [-0.4, -0.2) is 14.8 Å². The van der Waals surface area contributed by atoms with Crippen LogP contribution in [0.4, 0.5) is 10.2 Å². The van der Waals surface area contributed by atoms with Crippen LogP contribution in [0.15, 0.2) is 42.7 Å². The number of pyridine rings is 1. The Hall–Kier alpha value is -2.69. The Morgan fingerprint density at radius 3 is 2.48 bits per heavy atom. The molecule has 4 nitrogen and oxygen atoms in total. The first-order valence-electron chi connectivity index (χ1n) is 6.57. The van der Waals surface area contributed by atoms with E-state index in [1.807, 2.05) is 12.1 Å². The third-order valence-electron chi connectivity index (χ3n) is 3.49. The number of hydrogen-bond donors (Lipinski definition) is 1. The van der Waals surface area contributed by atoms with Gasteiger partial charge in [0, 0.05) is 25.0 Å². The largest absolute Gasteiger partial charge is 0.383 e. The van der Waals surface area contributed by atoms with Gasteiger partial charge in [0.15, 0.2) is 0 Å². The number of aromatic nitrogens is 3. The second-order valence-electron chi connectivity index (χ2n) is 4.93. The number of rotatable bonds is 2. The quantitative estimate of drug-likeness (QED) is 0.785. The van der Waals surface area contributed by atoms with Crippen molar-refractivity contribution in [2.45, 2.75) is 6.92 Å². The minimum absolute atomic E-state index is 0.229. The number of benzene rings is 1. The van der Waals surface area contributed by atoms with Crippen molar-refractivity contribution in [2.24, 2.45) is 7.05 Å². The lowest BCUT2D eigenvalue weighted by Gasteiger charge is -2.05. The van der Waals surface area contributed by atoms with Crippen LogP contribution in [0.1, 0.15) is 5.56 Å². The van der Waals surface area contributed by atoms with Crippen LogP contribution in [0.5, 0.6) is 0 Å². The van der Waals surface area contributed by atoms with Crippen LogP contribution in [0, 0.1) is 12.7 Å². The second-order valence-corrected chi connectivity index (χ2v) is 4.93. The maximum absolute atomic E-state index is 13.5. The van der Waals surface area contributed by atoms with E-state index in [-0.39, 0.29) is 5.82 Å². The molecule has 3 rings (SSSR count). The average molecular weight is 282 g/mol. The summed E-state index contributed by atoms with van der Waals surface area (Å²) in [5.41, 5.74) is 10.1. The summed E-state index contributed by atoms with van der Waals surface area (Å²) < 4.78 is 15.1. The second kappa shape index (κ2) is 5.01. The van der Waals surface area contributed by atoms with Crippen LogP contribution in [-0.2, 0) is 7.05 Å². The van der Waals surface area contributed by atoms with Gasteiger partial charge in [-0.1, -0.05) is 0 Å². The summed E-state index contributed by atoms with van der Waals surface area (Å²) in [4.78, 5) is 4.02. The van der Waals surface area contributed by atoms with E-state index in [1.54, 1.807) is 43.2 Å². The standard InChI is InChI=1S/C16H15FN4/c1-10-9-12(3-4-13(10)17)15-14(16(18)21(2)20-15)11-5-7-19-8-6-11/h3-9H,18H2,1-2H3. The minimum Gasteiger partial charge on any atom is -0.383 e. The molecule has 0 saturated heterocycles. The monoisotopic (exact) mass is 282 g/mol. The van der Waals surface area contributed by atoms with Gasteiger partial charge in [-0.25, -0.2) is 4.39 Å². The number of nitrogens with two attached hydrogens (primary N) is 1. The van der Waals surface area contributed by atoms with Crippen molar-refractivity contribution in [1.29, 1.82) is 0 Å². The van der Waals surface area contributed by atoms with Gasteiger partial charge >= 0.3 is 0 Å². The molecule has 2 N–H and O–H groups in total. The third-order valence-corrected chi connectivity index (χ3v) is 3.49. The highest BCUT2D eigenvalue weighted by atomic mass is 19.1. The summed E-state index contributed by atoms with van der Waals surface area (Å²) in [6.45, 7) is 1.73. The molecule has 3 aromatic rings. The highest BCUT2D eigenvalue weighted by Gasteiger charge is 2.17. The number of hydrogen-bond acceptors (Lipinski definition) is 3. The van der Waals surface area contributed by atoms with E-state index in [0.29, 0.717) is 11.4 Å². The molecule has 21 heavy (non-hydrogen) atoms. The maximum atomic E-state index is 13.5. The number of halogens is 1. The highest BCUT2D eigenvalue weighted by Crippen LogP contribution is 2.35. The molecule has 0 spiro atoms. The molecular formula is C16H15FN4. The molecule has 0 unspecified atom stereocenters. The zero-order chi connectivity index (χ0) is 15.0. The Kier molecular flexibility index (Phi) is 3.17. The van der Waals surface area contributed by atoms with Crippen molar-refractivity contribution in [3.05, 3.63) is 54.1 Å². The summed E-state index contributed by atoms with van der Waals surface area (Å²) in [6, 6.07) is 8.71. The highest BCUT2D eigenvalue weighted by molar-refractivity contribution is 5.88. The van der Waals surface area contributed by atoms with E-state index in [2.05, 4.69) is 10.1 Å². The van der Waals surface area contributed by atoms with Gasteiger partial charge in [-0.05, 0) is 48.4 Å². The van der Waals surface area contributed by atoms with E-state index in [0.717, 1.165) is 22.4 Å². The molecule has 2 aromatic heterocycles. The lowest BCUT2D eigenvalue weighted by Crippen LogP contribution is -1.97. The average Bonchev–Trinajstić information content (AvgIpc) is 2.79. The topological polar surface area (TPSA) is 56.7 Å². The van der Waals surface area contributed by atoms with Crippen molar-refractivity contribution < 1.29 is 4.39 Å². The first-order valence-corrected chi connectivity index (χ1v) is 6.57. The third kappa shape index (κ3) is 2.27. The van der Waals surface area contributed by atoms with Crippen molar-refractivity contribution in [1.82, 2.24) is 14.8 Å². The van der Waals surface area contributed by atoms with Crippen LogP contribution in [0.3, 0.4) is 0 Å². The van der Waals surface area contributed by atoms with Gasteiger partial charge in [0.05, 0.1) is 5.56 Å². The number of nitrogens with zero attached hydrogens (tertiary/aromatic N) is 3. The minimum atomic E-state index is -0.229. The molecule has 0 fully saturated rings. The summed E-state index contributed by atoms with van der Waals surface area (Å²) in [7, 11) is 1.79. The molecule has 0 amide bonds. The Morgan fingerprint density at radius 2 is 1.81 bits per heavy atom. The molecule has 2 heterocycles. The van der Waals surface area contributed by atoms with Gasteiger partial charge in [-0.15, -0.1) is 0 Å². The van der Waals surface area contributed by atoms with Gasteiger partial charge in [-0.2, -0.15) is 5.10 Å². The van der Waals surface area contributed by atoms with Crippen LogP contribution in [0.25, 0.3) is 22.4 Å². The Bertz CT molecular complexity index is 794. The molecule has 0 aliphatic heterocycles. The summed E-state index contributed by atoms with van der Waals surface area (Å²) in [5.74, 6) is 0.339. The molecule has 0 saturated carbocycles. The first-order chi connectivity index (χ1) is 10.1. The number of anilines is 1. The fraction of sp³-hybridized carbons (Fsp3) is 0.125. The van der Waals surface area contributed by atoms with Crippen LogP contribution < -0.4 is 5.73 Å². The molecule has 0 aliphatic rings. The molecule has 0 bridgehead atoms. The molecule has 106 valence electrons. The van der Waals surface area contributed by atoms with E-state index in [1.165, 1.54) is 6.07 Å². The Labute approximate surface area is 122 Å². The Balaban J connectivity index is 2.24. The predicted octanol–water partition coefficient (Wildman–Crippen LogP) is 3.18. The van der Waals surface area contributed by atoms with Gasteiger partial charge in [0.1, 0.15) is 17.3 Å². The van der Waals surface area contributed by atoms with Gasteiger partial charge < -0.3 is 5.73 Å². The van der Waals surface area contributed by atoms with Crippen molar-refractivity contribution >= 4 is 5.82 Å². The lowest BCUT2D eigenvalue weighted by atomic mass is 10.0. The molecule has 0 aliphatic carbocycles. The van der Waals surface area contributed by atoms with Crippen LogP contribution in [0.2, 0.25) is 0 Å². The lowest BCUT2D eigenvalue weighted by molar-refractivity contribution is 0.618. The number of nitrogen functional groups attached to an aromatic ring is 1. The van der Waals surface area contributed by atoms with Crippen molar-refractivity contribution in [3.8, 4) is 22.4 Å². The Morgan fingerprint density at radius 1 is 1.10 bits per heavy atom. The molecular weight excluding hydrogens is 267 g/mol. The van der Waals surface area contributed by atoms with Crippen LogP contribution >= 0.6 is 0 Å². The molecule has 1 aromatic carbocycles. The van der Waals surface area contributed by atoms with Gasteiger partial charge in [0.25, 0.3) is 0 Å². The number of aryl methyl sites for hydroxylation is 2. The van der Waals surface area contributed by atoms with Crippen molar-refractivity contribution in [2.75, 3.05) is 5.73 Å². The maximum Gasteiger partial charge on any atom is 0.129 e. The zero-order valence-electron chi connectivity index (χ0n) is 11.8. The summed E-state index contributed by atoms with van der Waals surface area (Å²) in [6.07, 6.45) is 3.42. The normalized spacial score (nSPS) is 10.8. The molecule has 5 heteroatoms. The zero-order valence-corrected chi connectivity index (χ0v) is 11.8.